The molecule has 2 rings (SSSR count). The fraction of sp³-hybridized carbons (Fsp3) is 0.250. The molecule has 0 spiro atoms. The highest BCUT2D eigenvalue weighted by molar-refractivity contribution is 6.21. The van der Waals surface area contributed by atoms with Crippen LogP contribution in [0.2, 0.25) is 0 Å². The van der Waals surface area contributed by atoms with E-state index in [1.807, 2.05) is 6.92 Å². The molecular weight excluding hydrogens is 220 g/mol. The molecule has 1 heterocycles. The van der Waals surface area contributed by atoms with Crippen LogP contribution in [0.1, 0.15) is 38.0 Å². The number of amides is 3. The Labute approximate surface area is 98.4 Å². The summed E-state index contributed by atoms with van der Waals surface area (Å²) in [4.78, 5) is 36.0. The van der Waals surface area contributed by atoms with Crippen molar-refractivity contribution in [2.24, 2.45) is 0 Å². The SMILES string of the molecule is CCNC(=O)c1ccc2c(c1)C(=O)N(C)C2=O. The van der Waals surface area contributed by atoms with Gasteiger partial charge in [0, 0.05) is 19.2 Å². The summed E-state index contributed by atoms with van der Waals surface area (Å²) < 4.78 is 0. The van der Waals surface area contributed by atoms with Gasteiger partial charge < -0.3 is 5.32 Å². The quantitative estimate of drug-likeness (QED) is 0.762. The van der Waals surface area contributed by atoms with Crippen molar-refractivity contribution in [1.82, 2.24) is 10.2 Å². The monoisotopic (exact) mass is 232 g/mol. The average molecular weight is 232 g/mol. The summed E-state index contributed by atoms with van der Waals surface area (Å²) in [6.45, 7) is 2.33. The molecule has 5 heteroatoms. The highest BCUT2D eigenvalue weighted by atomic mass is 16.2. The van der Waals surface area contributed by atoms with E-state index in [1.165, 1.54) is 19.2 Å². The summed E-state index contributed by atoms with van der Waals surface area (Å²) in [5, 5.41) is 2.64. The third-order valence-corrected chi connectivity index (χ3v) is 2.69. The molecule has 1 aliphatic heterocycles. The molecule has 0 bridgehead atoms. The van der Waals surface area contributed by atoms with Gasteiger partial charge in [-0.2, -0.15) is 0 Å². The first-order chi connectivity index (χ1) is 8.06. The first-order valence-electron chi connectivity index (χ1n) is 5.31. The zero-order valence-corrected chi connectivity index (χ0v) is 9.61. The lowest BCUT2D eigenvalue weighted by Crippen LogP contribution is -2.24. The molecule has 3 amide bonds. The number of carbonyl (C=O) groups is 3. The Morgan fingerprint density at radius 3 is 2.53 bits per heavy atom. The average Bonchev–Trinajstić information content (AvgIpc) is 2.55. The summed E-state index contributed by atoms with van der Waals surface area (Å²) >= 11 is 0. The Kier molecular flexibility index (Phi) is 2.67. The van der Waals surface area contributed by atoms with Crippen LogP contribution in [0.25, 0.3) is 0 Å². The second kappa shape index (κ2) is 4.01. The first kappa shape index (κ1) is 11.3. The standard InChI is InChI=1S/C12H12N2O3/c1-3-13-10(15)7-4-5-8-9(6-7)12(17)14(2)11(8)16/h4-6H,3H2,1-2H3,(H,13,15). The number of imide groups is 1. The van der Waals surface area contributed by atoms with E-state index in [2.05, 4.69) is 5.32 Å². The molecule has 1 N–H and O–H groups in total. The van der Waals surface area contributed by atoms with Crippen molar-refractivity contribution in [2.75, 3.05) is 13.6 Å². The van der Waals surface area contributed by atoms with Crippen molar-refractivity contribution in [3.05, 3.63) is 34.9 Å². The Balaban J connectivity index is 2.43. The maximum absolute atomic E-state index is 11.7. The third-order valence-electron chi connectivity index (χ3n) is 2.69. The van der Waals surface area contributed by atoms with Crippen LogP contribution in [-0.2, 0) is 0 Å². The summed E-state index contributed by atoms with van der Waals surface area (Å²) in [6.07, 6.45) is 0. The maximum atomic E-state index is 11.7. The molecule has 1 aromatic carbocycles. The molecule has 1 aliphatic rings. The van der Waals surface area contributed by atoms with Crippen molar-refractivity contribution in [3.63, 3.8) is 0 Å². The second-order valence-corrected chi connectivity index (χ2v) is 3.79. The molecule has 0 saturated carbocycles. The lowest BCUT2D eigenvalue weighted by molar-refractivity contribution is 0.0693. The van der Waals surface area contributed by atoms with Crippen LogP contribution < -0.4 is 5.32 Å². The number of carbonyl (C=O) groups excluding carboxylic acids is 3. The van der Waals surface area contributed by atoms with Gasteiger partial charge in [-0.1, -0.05) is 0 Å². The van der Waals surface area contributed by atoms with Crippen LogP contribution in [-0.4, -0.2) is 36.2 Å². The van der Waals surface area contributed by atoms with Gasteiger partial charge in [0.15, 0.2) is 0 Å². The number of benzene rings is 1. The molecule has 1 aromatic rings. The van der Waals surface area contributed by atoms with Crippen LogP contribution in [0, 0.1) is 0 Å². The van der Waals surface area contributed by atoms with Crippen LogP contribution in [0.3, 0.4) is 0 Å². The van der Waals surface area contributed by atoms with Crippen molar-refractivity contribution >= 4 is 17.7 Å². The van der Waals surface area contributed by atoms with Crippen LogP contribution in [0.15, 0.2) is 18.2 Å². The van der Waals surface area contributed by atoms with Gasteiger partial charge >= 0.3 is 0 Å². The third kappa shape index (κ3) is 1.69. The van der Waals surface area contributed by atoms with E-state index in [9.17, 15) is 14.4 Å². The van der Waals surface area contributed by atoms with Gasteiger partial charge in [-0.05, 0) is 25.1 Å². The van der Waals surface area contributed by atoms with Gasteiger partial charge in [0.25, 0.3) is 17.7 Å². The fourth-order valence-electron chi connectivity index (χ4n) is 1.77. The number of fused-ring (bicyclic) bond motifs is 1. The molecule has 17 heavy (non-hydrogen) atoms. The normalized spacial score (nSPS) is 13.9. The van der Waals surface area contributed by atoms with Crippen LogP contribution in [0.4, 0.5) is 0 Å². The molecule has 0 unspecified atom stereocenters. The molecule has 0 aromatic heterocycles. The maximum Gasteiger partial charge on any atom is 0.261 e. The minimum Gasteiger partial charge on any atom is -0.352 e. The Morgan fingerprint density at radius 2 is 1.88 bits per heavy atom. The zero-order chi connectivity index (χ0) is 12.6. The summed E-state index contributed by atoms with van der Waals surface area (Å²) in [6, 6.07) is 4.53. The number of hydrogen-bond donors (Lipinski definition) is 1. The van der Waals surface area contributed by atoms with Gasteiger partial charge in [0.2, 0.25) is 0 Å². The lowest BCUT2D eigenvalue weighted by atomic mass is 10.1. The lowest BCUT2D eigenvalue weighted by Gasteiger charge is -2.03. The zero-order valence-electron chi connectivity index (χ0n) is 9.61. The second-order valence-electron chi connectivity index (χ2n) is 3.79. The minimum absolute atomic E-state index is 0.245. The van der Waals surface area contributed by atoms with Gasteiger partial charge in [0.05, 0.1) is 11.1 Å². The number of nitrogens with zero attached hydrogens (tertiary/aromatic N) is 1. The van der Waals surface area contributed by atoms with Crippen LogP contribution >= 0.6 is 0 Å². The summed E-state index contributed by atoms with van der Waals surface area (Å²) in [5.41, 5.74) is 1.04. The number of rotatable bonds is 2. The number of nitrogens with one attached hydrogen (secondary N) is 1. The molecule has 0 aliphatic carbocycles. The summed E-state index contributed by atoms with van der Waals surface area (Å²) in [7, 11) is 1.43. The highest BCUT2D eigenvalue weighted by Crippen LogP contribution is 2.22. The predicted molar refractivity (Wildman–Crippen MR) is 60.9 cm³/mol. The summed E-state index contributed by atoms with van der Waals surface area (Å²) in [5.74, 6) is -0.936. The van der Waals surface area contributed by atoms with Crippen LogP contribution in [0.5, 0.6) is 0 Å². The van der Waals surface area contributed by atoms with E-state index >= 15 is 0 Å². The van der Waals surface area contributed by atoms with Gasteiger partial charge in [-0.3, -0.25) is 19.3 Å². The van der Waals surface area contributed by atoms with E-state index in [1.54, 1.807) is 6.07 Å². The van der Waals surface area contributed by atoms with Crippen molar-refractivity contribution in [1.29, 1.82) is 0 Å². The largest absolute Gasteiger partial charge is 0.352 e. The predicted octanol–water partition coefficient (Wildman–Crippen LogP) is 0.662. The topological polar surface area (TPSA) is 66.5 Å². The Bertz CT molecular complexity index is 522. The van der Waals surface area contributed by atoms with Crippen molar-refractivity contribution in [3.8, 4) is 0 Å². The van der Waals surface area contributed by atoms with E-state index in [4.69, 9.17) is 0 Å². The molecule has 0 atom stereocenters. The Morgan fingerprint density at radius 1 is 1.24 bits per heavy atom. The molecule has 0 radical (unpaired) electrons. The minimum atomic E-state index is -0.365. The van der Waals surface area contributed by atoms with Gasteiger partial charge in [0.1, 0.15) is 0 Å². The smallest absolute Gasteiger partial charge is 0.261 e. The molecule has 5 nitrogen and oxygen atoms in total. The van der Waals surface area contributed by atoms with Crippen molar-refractivity contribution in [2.45, 2.75) is 6.92 Å². The highest BCUT2D eigenvalue weighted by Gasteiger charge is 2.33. The number of hydrogen-bond acceptors (Lipinski definition) is 3. The van der Waals surface area contributed by atoms with E-state index in [0.717, 1.165) is 4.90 Å². The molecule has 0 fully saturated rings. The van der Waals surface area contributed by atoms with Gasteiger partial charge in [-0.15, -0.1) is 0 Å². The van der Waals surface area contributed by atoms with Gasteiger partial charge in [-0.25, -0.2) is 0 Å². The molecule has 0 saturated heterocycles. The Hall–Kier alpha value is -2.17. The molecular formula is C12H12N2O3. The van der Waals surface area contributed by atoms with E-state index in [0.29, 0.717) is 23.2 Å². The molecule has 88 valence electrons. The van der Waals surface area contributed by atoms with E-state index < -0.39 is 0 Å². The van der Waals surface area contributed by atoms with E-state index in [-0.39, 0.29) is 17.7 Å². The first-order valence-corrected chi connectivity index (χ1v) is 5.31. The van der Waals surface area contributed by atoms with Crippen molar-refractivity contribution < 1.29 is 14.4 Å². The fourth-order valence-corrected chi connectivity index (χ4v) is 1.77.